The standard InChI is InChI=1S/C12H22O5/c1-8(13)6-16-9(2)7-17-12(4,5)10(3)11(14)15/h8-9,13H,3,6-7H2,1-2,4-5H3,(H,14,15). The Morgan fingerprint density at radius 2 is 1.88 bits per heavy atom. The summed E-state index contributed by atoms with van der Waals surface area (Å²) in [5, 5.41) is 17.8. The van der Waals surface area contributed by atoms with Crippen LogP contribution in [0.1, 0.15) is 27.7 Å². The number of aliphatic hydroxyl groups excluding tert-OH is 1. The second kappa shape index (κ2) is 6.74. The van der Waals surface area contributed by atoms with E-state index in [9.17, 15) is 4.79 Å². The van der Waals surface area contributed by atoms with Gasteiger partial charge < -0.3 is 19.7 Å². The van der Waals surface area contributed by atoms with E-state index in [1.165, 1.54) is 0 Å². The fraction of sp³-hybridized carbons (Fsp3) is 0.750. The van der Waals surface area contributed by atoms with Crippen LogP contribution in [0.4, 0.5) is 0 Å². The fourth-order valence-electron chi connectivity index (χ4n) is 1.02. The number of rotatable bonds is 8. The maximum atomic E-state index is 10.8. The Bertz CT molecular complexity index is 270. The number of carbonyl (C=O) groups is 1. The van der Waals surface area contributed by atoms with Crippen molar-refractivity contribution < 1.29 is 24.5 Å². The van der Waals surface area contributed by atoms with Crippen molar-refractivity contribution in [2.45, 2.75) is 45.5 Å². The van der Waals surface area contributed by atoms with Gasteiger partial charge in [-0.3, -0.25) is 0 Å². The van der Waals surface area contributed by atoms with Crippen molar-refractivity contribution in [2.75, 3.05) is 13.2 Å². The number of ether oxygens (including phenoxy) is 2. The molecule has 5 nitrogen and oxygen atoms in total. The van der Waals surface area contributed by atoms with Crippen LogP contribution in [0.15, 0.2) is 12.2 Å². The molecule has 2 atom stereocenters. The Kier molecular flexibility index (Phi) is 6.37. The first-order valence-corrected chi connectivity index (χ1v) is 5.53. The summed E-state index contributed by atoms with van der Waals surface area (Å²) in [6, 6.07) is 0. The summed E-state index contributed by atoms with van der Waals surface area (Å²) in [5.41, 5.74) is -0.936. The van der Waals surface area contributed by atoms with Gasteiger partial charge in [-0.25, -0.2) is 4.79 Å². The number of carboxylic acid groups (broad SMARTS) is 1. The minimum atomic E-state index is -1.08. The van der Waals surface area contributed by atoms with Gasteiger partial charge in [0.1, 0.15) is 0 Å². The number of hydrogen-bond donors (Lipinski definition) is 2. The van der Waals surface area contributed by atoms with Crippen LogP contribution in [-0.2, 0) is 14.3 Å². The van der Waals surface area contributed by atoms with E-state index in [-0.39, 0.29) is 24.9 Å². The molecule has 0 fully saturated rings. The van der Waals surface area contributed by atoms with Crippen LogP contribution in [0.3, 0.4) is 0 Å². The van der Waals surface area contributed by atoms with Crippen molar-refractivity contribution in [3.63, 3.8) is 0 Å². The number of hydrogen-bond acceptors (Lipinski definition) is 4. The van der Waals surface area contributed by atoms with Gasteiger partial charge in [-0.05, 0) is 27.7 Å². The molecule has 0 aliphatic rings. The summed E-state index contributed by atoms with van der Waals surface area (Å²) in [5.74, 6) is -1.08. The fourth-order valence-corrected chi connectivity index (χ4v) is 1.02. The first-order valence-electron chi connectivity index (χ1n) is 5.53. The molecule has 0 aliphatic heterocycles. The zero-order valence-electron chi connectivity index (χ0n) is 10.9. The van der Waals surface area contributed by atoms with Crippen molar-refractivity contribution in [3.8, 4) is 0 Å². The summed E-state index contributed by atoms with van der Waals surface area (Å²) in [6.07, 6.45) is -0.745. The molecule has 0 radical (unpaired) electrons. The van der Waals surface area contributed by atoms with E-state index in [4.69, 9.17) is 19.7 Å². The van der Waals surface area contributed by atoms with Crippen LogP contribution in [0.2, 0.25) is 0 Å². The van der Waals surface area contributed by atoms with E-state index < -0.39 is 17.7 Å². The molecule has 0 spiro atoms. The molecule has 0 bridgehead atoms. The van der Waals surface area contributed by atoms with Gasteiger partial charge in [-0.2, -0.15) is 0 Å². The third-order valence-electron chi connectivity index (χ3n) is 2.29. The molecule has 0 rings (SSSR count). The normalized spacial score (nSPS) is 15.4. The molecule has 0 aromatic heterocycles. The minimum Gasteiger partial charge on any atom is -0.478 e. The summed E-state index contributed by atoms with van der Waals surface area (Å²) >= 11 is 0. The van der Waals surface area contributed by atoms with Gasteiger partial charge in [-0.1, -0.05) is 6.58 Å². The van der Waals surface area contributed by atoms with E-state index in [2.05, 4.69) is 6.58 Å². The molecule has 100 valence electrons. The van der Waals surface area contributed by atoms with Crippen LogP contribution in [0.5, 0.6) is 0 Å². The van der Waals surface area contributed by atoms with Gasteiger partial charge in [0.25, 0.3) is 0 Å². The lowest BCUT2D eigenvalue weighted by atomic mass is 10.00. The molecule has 0 amide bonds. The third kappa shape index (κ3) is 6.41. The monoisotopic (exact) mass is 246 g/mol. The molecule has 0 heterocycles. The molecule has 17 heavy (non-hydrogen) atoms. The summed E-state index contributed by atoms with van der Waals surface area (Å²) in [7, 11) is 0. The number of aliphatic hydroxyl groups is 1. The average molecular weight is 246 g/mol. The molecule has 0 saturated carbocycles. The summed E-state index contributed by atoms with van der Waals surface area (Å²) in [6.45, 7) is 10.7. The lowest BCUT2D eigenvalue weighted by molar-refractivity contribution is -0.137. The molecule has 0 aromatic rings. The Labute approximate surface area is 102 Å². The maximum Gasteiger partial charge on any atom is 0.333 e. The van der Waals surface area contributed by atoms with Gasteiger partial charge in [0.2, 0.25) is 0 Å². The van der Waals surface area contributed by atoms with Crippen molar-refractivity contribution in [1.29, 1.82) is 0 Å². The lowest BCUT2D eigenvalue weighted by Crippen LogP contribution is -2.34. The van der Waals surface area contributed by atoms with Crippen LogP contribution >= 0.6 is 0 Å². The molecular formula is C12H22O5. The smallest absolute Gasteiger partial charge is 0.333 e. The van der Waals surface area contributed by atoms with Gasteiger partial charge in [0.15, 0.2) is 0 Å². The Morgan fingerprint density at radius 1 is 1.35 bits per heavy atom. The largest absolute Gasteiger partial charge is 0.478 e. The predicted octanol–water partition coefficient (Wildman–Crippen LogP) is 1.21. The van der Waals surface area contributed by atoms with Crippen molar-refractivity contribution in [3.05, 3.63) is 12.2 Å². The Morgan fingerprint density at radius 3 is 2.29 bits per heavy atom. The van der Waals surface area contributed by atoms with E-state index in [0.717, 1.165) is 0 Å². The second-order valence-electron chi connectivity index (χ2n) is 4.60. The van der Waals surface area contributed by atoms with Gasteiger partial charge in [-0.15, -0.1) is 0 Å². The highest BCUT2D eigenvalue weighted by atomic mass is 16.5. The minimum absolute atomic E-state index is 0.000209. The number of carboxylic acids is 1. The number of aliphatic carboxylic acids is 1. The summed E-state index contributed by atoms with van der Waals surface area (Å²) in [4.78, 5) is 10.8. The average Bonchev–Trinajstić information content (AvgIpc) is 2.22. The quantitative estimate of drug-likeness (QED) is 0.629. The zero-order chi connectivity index (χ0) is 13.6. The molecular weight excluding hydrogens is 224 g/mol. The summed E-state index contributed by atoms with van der Waals surface area (Å²) < 4.78 is 10.7. The van der Waals surface area contributed by atoms with E-state index in [1.807, 2.05) is 0 Å². The Balaban J connectivity index is 4.09. The predicted molar refractivity (Wildman–Crippen MR) is 63.9 cm³/mol. The molecule has 0 aromatic carbocycles. The Hall–Kier alpha value is -0.910. The topological polar surface area (TPSA) is 76.0 Å². The van der Waals surface area contributed by atoms with Gasteiger partial charge in [0.05, 0.1) is 36.6 Å². The van der Waals surface area contributed by atoms with Crippen LogP contribution in [0, 0.1) is 0 Å². The van der Waals surface area contributed by atoms with E-state index in [1.54, 1.807) is 27.7 Å². The molecule has 0 aliphatic carbocycles. The van der Waals surface area contributed by atoms with Crippen molar-refractivity contribution >= 4 is 5.97 Å². The highest BCUT2D eigenvalue weighted by Gasteiger charge is 2.28. The third-order valence-corrected chi connectivity index (χ3v) is 2.29. The molecule has 0 saturated heterocycles. The molecule has 2 N–H and O–H groups in total. The molecule has 5 heteroatoms. The first-order chi connectivity index (χ1) is 7.66. The van der Waals surface area contributed by atoms with Crippen molar-refractivity contribution in [2.24, 2.45) is 0 Å². The van der Waals surface area contributed by atoms with Gasteiger partial charge >= 0.3 is 5.97 Å². The zero-order valence-corrected chi connectivity index (χ0v) is 10.9. The molecule has 2 unspecified atom stereocenters. The highest BCUT2D eigenvalue weighted by molar-refractivity contribution is 5.87. The van der Waals surface area contributed by atoms with Crippen molar-refractivity contribution in [1.82, 2.24) is 0 Å². The lowest BCUT2D eigenvalue weighted by Gasteiger charge is -2.27. The van der Waals surface area contributed by atoms with E-state index >= 15 is 0 Å². The van der Waals surface area contributed by atoms with Gasteiger partial charge in [0, 0.05) is 0 Å². The highest BCUT2D eigenvalue weighted by Crippen LogP contribution is 2.19. The van der Waals surface area contributed by atoms with Crippen LogP contribution in [0.25, 0.3) is 0 Å². The van der Waals surface area contributed by atoms with Crippen LogP contribution < -0.4 is 0 Å². The maximum absolute atomic E-state index is 10.8. The first kappa shape index (κ1) is 16.1. The van der Waals surface area contributed by atoms with E-state index in [0.29, 0.717) is 0 Å². The second-order valence-corrected chi connectivity index (χ2v) is 4.60. The van der Waals surface area contributed by atoms with Crippen LogP contribution in [-0.4, -0.2) is 47.2 Å². The SMILES string of the molecule is C=C(C(=O)O)C(C)(C)OCC(C)OCC(C)O.